The van der Waals surface area contributed by atoms with Gasteiger partial charge in [0.2, 0.25) is 0 Å². The van der Waals surface area contributed by atoms with E-state index in [0.29, 0.717) is 0 Å². The van der Waals surface area contributed by atoms with Crippen molar-refractivity contribution >= 4 is 0 Å². The molecule has 0 amide bonds. The standard InChI is InChI=1S/C11H16N2O/c12-5-1-4-11(8-14-9-11)10-2-6-13-7-3-10/h2-3,6-7H,1,4-5,8-9,12H2. The lowest BCUT2D eigenvalue weighted by Gasteiger charge is -2.42. The van der Waals surface area contributed by atoms with E-state index in [0.717, 1.165) is 32.6 Å². The Morgan fingerprint density at radius 1 is 1.36 bits per heavy atom. The minimum Gasteiger partial charge on any atom is -0.379 e. The van der Waals surface area contributed by atoms with E-state index in [1.165, 1.54) is 5.56 Å². The van der Waals surface area contributed by atoms with E-state index >= 15 is 0 Å². The predicted molar refractivity (Wildman–Crippen MR) is 55.0 cm³/mol. The van der Waals surface area contributed by atoms with Gasteiger partial charge in [0.05, 0.1) is 13.2 Å². The highest BCUT2D eigenvalue weighted by molar-refractivity contribution is 5.25. The molecule has 1 aliphatic rings. The Morgan fingerprint density at radius 3 is 2.57 bits per heavy atom. The van der Waals surface area contributed by atoms with Crippen LogP contribution in [-0.4, -0.2) is 24.7 Å². The molecular formula is C11H16N2O. The molecule has 2 N–H and O–H groups in total. The second-order valence-corrected chi connectivity index (χ2v) is 3.90. The summed E-state index contributed by atoms with van der Waals surface area (Å²) in [5.74, 6) is 0. The van der Waals surface area contributed by atoms with Crippen molar-refractivity contribution in [2.24, 2.45) is 5.73 Å². The van der Waals surface area contributed by atoms with Crippen LogP contribution in [0.4, 0.5) is 0 Å². The molecule has 0 aliphatic carbocycles. The Morgan fingerprint density at radius 2 is 2.07 bits per heavy atom. The average molecular weight is 192 g/mol. The first-order chi connectivity index (χ1) is 6.87. The molecule has 76 valence electrons. The first kappa shape index (κ1) is 9.62. The minimum atomic E-state index is 0.225. The third-order valence-electron chi connectivity index (χ3n) is 2.91. The van der Waals surface area contributed by atoms with E-state index in [4.69, 9.17) is 10.5 Å². The first-order valence-corrected chi connectivity index (χ1v) is 5.06. The maximum Gasteiger partial charge on any atom is 0.0585 e. The fraction of sp³-hybridized carbons (Fsp3) is 0.545. The van der Waals surface area contributed by atoms with E-state index in [2.05, 4.69) is 17.1 Å². The van der Waals surface area contributed by atoms with E-state index in [1.807, 2.05) is 12.4 Å². The summed E-state index contributed by atoms with van der Waals surface area (Å²) >= 11 is 0. The highest BCUT2D eigenvalue weighted by Gasteiger charge is 2.39. The van der Waals surface area contributed by atoms with Crippen LogP contribution < -0.4 is 5.73 Å². The molecule has 1 fully saturated rings. The van der Waals surface area contributed by atoms with Crippen molar-refractivity contribution in [2.75, 3.05) is 19.8 Å². The number of hydrogen-bond donors (Lipinski definition) is 1. The molecule has 0 aromatic carbocycles. The van der Waals surface area contributed by atoms with Crippen molar-refractivity contribution < 1.29 is 4.74 Å². The normalized spacial score (nSPS) is 18.9. The Bertz CT molecular complexity index is 283. The van der Waals surface area contributed by atoms with Crippen LogP contribution in [0.2, 0.25) is 0 Å². The Hall–Kier alpha value is -0.930. The van der Waals surface area contributed by atoms with Crippen molar-refractivity contribution in [1.29, 1.82) is 0 Å². The molecule has 0 saturated carbocycles. The summed E-state index contributed by atoms with van der Waals surface area (Å²) in [4.78, 5) is 4.03. The van der Waals surface area contributed by atoms with Crippen LogP contribution in [0.3, 0.4) is 0 Å². The molecule has 3 nitrogen and oxygen atoms in total. The van der Waals surface area contributed by atoms with Crippen molar-refractivity contribution in [3.8, 4) is 0 Å². The topological polar surface area (TPSA) is 48.1 Å². The molecule has 0 bridgehead atoms. The van der Waals surface area contributed by atoms with Gasteiger partial charge in [-0.25, -0.2) is 0 Å². The van der Waals surface area contributed by atoms with Crippen LogP contribution in [0.25, 0.3) is 0 Å². The number of aromatic nitrogens is 1. The van der Waals surface area contributed by atoms with E-state index in [1.54, 1.807) is 0 Å². The Labute approximate surface area is 84.3 Å². The number of nitrogens with zero attached hydrogens (tertiary/aromatic N) is 1. The van der Waals surface area contributed by atoms with Gasteiger partial charge in [-0.05, 0) is 37.1 Å². The van der Waals surface area contributed by atoms with Gasteiger partial charge in [-0.15, -0.1) is 0 Å². The zero-order chi connectivity index (χ0) is 9.86. The third-order valence-corrected chi connectivity index (χ3v) is 2.91. The second kappa shape index (κ2) is 4.07. The molecule has 0 unspecified atom stereocenters. The van der Waals surface area contributed by atoms with Crippen LogP contribution in [0.1, 0.15) is 18.4 Å². The summed E-state index contributed by atoms with van der Waals surface area (Å²) in [5.41, 5.74) is 7.10. The molecule has 0 radical (unpaired) electrons. The number of nitrogens with two attached hydrogens (primary N) is 1. The van der Waals surface area contributed by atoms with Gasteiger partial charge in [-0.3, -0.25) is 4.98 Å². The van der Waals surface area contributed by atoms with E-state index < -0.39 is 0 Å². The van der Waals surface area contributed by atoms with Gasteiger partial charge in [0.15, 0.2) is 0 Å². The lowest BCUT2D eigenvalue weighted by molar-refractivity contribution is -0.0649. The van der Waals surface area contributed by atoms with Crippen LogP contribution in [0.5, 0.6) is 0 Å². The summed E-state index contributed by atoms with van der Waals surface area (Å²) in [6, 6.07) is 4.16. The maximum absolute atomic E-state index is 5.54. The van der Waals surface area contributed by atoms with Crippen molar-refractivity contribution in [2.45, 2.75) is 18.3 Å². The fourth-order valence-electron chi connectivity index (χ4n) is 1.95. The zero-order valence-electron chi connectivity index (χ0n) is 8.28. The molecule has 2 rings (SSSR count). The van der Waals surface area contributed by atoms with Crippen LogP contribution in [-0.2, 0) is 10.2 Å². The van der Waals surface area contributed by atoms with Gasteiger partial charge >= 0.3 is 0 Å². The number of hydrogen-bond acceptors (Lipinski definition) is 3. The summed E-state index contributed by atoms with van der Waals surface area (Å²) in [6.45, 7) is 2.42. The average Bonchev–Trinajstić information content (AvgIpc) is 2.18. The summed E-state index contributed by atoms with van der Waals surface area (Å²) < 4.78 is 5.33. The van der Waals surface area contributed by atoms with Gasteiger partial charge in [0, 0.05) is 17.8 Å². The minimum absolute atomic E-state index is 0.225. The third kappa shape index (κ3) is 1.65. The first-order valence-electron chi connectivity index (χ1n) is 5.06. The summed E-state index contributed by atoms with van der Waals surface area (Å²) in [5, 5.41) is 0. The predicted octanol–water partition coefficient (Wildman–Crippen LogP) is 1.09. The smallest absolute Gasteiger partial charge is 0.0585 e. The van der Waals surface area contributed by atoms with Crippen molar-refractivity contribution in [1.82, 2.24) is 4.98 Å². The molecule has 2 heterocycles. The number of rotatable bonds is 4. The van der Waals surface area contributed by atoms with Crippen LogP contribution >= 0.6 is 0 Å². The number of pyridine rings is 1. The van der Waals surface area contributed by atoms with Gasteiger partial charge in [0.25, 0.3) is 0 Å². The molecular weight excluding hydrogens is 176 g/mol. The van der Waals surface area contributed by atoms with Gasteiger partial charge in [-0.1, -0.05) is 0 Å². The van der Waals surface area contributed by atoms with Crippen LogP contribution in [0.15, 0.2) is 24.5 Å². The molecule has 1 aromatic rings. The largest absolute Gasteiger partial charge is 0.379 e. The van der Waals surface area contributed by atoms with Gasteiger partial charge in [0.1, 0.15) is 0 Å². The molecule has 14 heavy (non-hydrogen) atoms. The van der Waals surface area contributed by atoms with Gasteiger partial charge < -0.3 is 10.5 Å². The summed E-state index contributed by atoms with van der Waals surface area (Å²) in [6.07, 6.45) is 5.87. The maximum atomic E-state index is 5.54. The monoisotopic (exact) mass is 192 g/mol. The lowest BCUT2D eigenvalue weighted by atomic mass is 9.75. The SMILES string of the molecule is NCCCC1(c2ccncc2)COC1. The summed E-state index contributed by atoms with van der Waals surface area (Å²) in [7, 11) is 0. The van der Waals surface area contributed by atoms with Crippen LogP contribution in [0, 0.1) is 0 Å². The number of ether oxygens (including phenoxy) is 1. The van der Waals surface area contributed by atoms with Gasteiger partial charge in [-0.2, -0.15) is 0 Å². The molecule has 1 saturated heterocycles. The van der Waals surface area contributed by atoms with E-state index in [9.17, 15) is 0 Å². The molecule has 0 spiro atoms. The second-order valence-electron chi connectivity index (χ2n) is 3.90. The molecule has 3 heteroatoms. The lowest BCUT2D eigenvalue weighted by Crippen LogP contribution is -2.47. The Balaban J connectivity index is 2.12. The molecule has 0 atom stereocenters. The Kier molecular flexibility index (Phi) is 2.79. The highest BCUT2D eigenvalue weighted by Crippen LogP contribution is 2.36. The quantitative estimate of drug-likeness (QED) is 0.776. The zero-order valence-corrected chi connectivity index (χ0v) is 8.28. The highest BCUT2D eigenvalue weighted by atomic mass is 16.5. The fourth-order valence-corrected chi connectivity index (χ4v) is 1.95. The van der Waals surface area contributed by atoms with E-state index in [-0.39, 0.29) is 5.41 Å². The molecule has 1 aliphatic heterocycles. The molecule has 1 aromatic heterocycles. The van der Waals surface area contributed by atoms with Crippen molar-refractivity contribution in [3.05, 3.63) is 30.1 Å². The van der Waals surface area contributed by atoms with Crippen molar-refractivity contribution in [3.63, 3.8) is 0 Å².